The Balaban J connectivity index is 2.27. The van der Waals surface area contributed by atoms with E-state index in [0.717, 1.165) is 23.9 Å². The second-order valence-electron chi connectivity index (χ2n) is 6.93. The predicted molar refractivity (Wildman–Crippen MR) is 85.8 cm³/mol. The van der Waals surface area contributed by atoms with Gasteiger partial charge in [-0.3, -0.25) is 0 Å². The molecular weight excluding hydrogens is 270 g/mol. The van der Waals surface area contributed by atoms with Crippen LogP contribution in [0.25, 0.3) is 0 Å². The van der Waals surface area contributed by atoms with E-state index in [4.69, 9.17) is 9.72 Å². The van der Waals surface area contributed by atoms with Gasteiger partial charge in [0.05, 0.1) is 16.9 Å². The number of thiazole rings is 1. The van der Waals surface area contributed by atoms with Crippen LogP contribution in [-0.4, -0.2) is 36.3 Å². The average molecular weight is 297 g/mol. The molecule has 0 aliphatic carbocycles. The molecule has 1 fully saturated rings. The zero-order valence-electron chi connectivity index (χ0n) is 13.7. The summed E-state index contributed by atoms with van der Waals surface area (Å²) in [5, 5.41) is 4.41. The van der Waals surface area contributed by atoms with Crippen molar-refractivity contribution in [3.8, 4) is 0 Å². The van der Waals surface area contributed by atoms with Gasteiger partial charge in [0.25, 0.3) is 0 Å². The van der Waals surface area contributed by atoms with Gasteiger partial charge in [-0.1, -0.05) is 0 Å². The number of hydrogen-bond acceptors (Lipinski definition) is 5. The first-order valence-corrected chi connectivity index (χ1v) is 8.05. The fourth-order valence-corrected chi connectivity index (χ4v) is 4.11. The van der Waals surface area contributed by atoms with E-state index >= 15 is 0 Å². The molecule has 0 radical (unpaired) electrons. The molecule has 5 heteroatoms. The van der Waals surface area contributed by atoms with Gasteiger partial charge < -0.3 is 15.0 Å². The number of aromatic nitrogens is 1. The average Bonchev–Trinajstić information content (AvgIpc) is 2.66. The van der Waals surface area contributed by atoms with E-state index < -0.39 is 0 Å². The molecule has 114 valence electrons. The van der Waals surface area contributed by atoms with Crippen LogP contribution in [0.3, 0.4) is 0 Å². The van der Waals surface area contributed by atoms with E-state index in [-0.39, 0.29) is 11.2 Å². The summed E-state index contributed by atoms with van der Waals surface area (Å²) in [5.74, 6) is 0. The minimum atomic E-state index is -0.143. The number of morpholine rings is 1. The van der Waals surface area contributed by atoms with Crippen LogP contribution in [0.5, 0.6) is 0 Å². The number of hydrogen-bond donors (Lipinski definition) is 1. The van der Waals surface area contributed by atoms with Crippen LogP contribution in [0.2, 0.25) is 0 Å². The van der Waals surface area contributed by atoms with Crippen molar-refractivity contribution in [2.45, 2.75) is 58.8 Å². The summed E-state index contributed by atoms with van der Waals surface area (Å²) in [6.07, 6.45) is 0. The maximum absolute atomic E-state index is 6.14. The number of nitrogens with one attached hydrogen (secondary N) is 1. The number of aryl methyl sites for hydroxylation is 1. The van der Waals surface area contributed by atoms with Crippen molar-refractivity contribution in [2.75, 3.05) is 25.0 Å². The molecule has 1 unspecified atom stereocenters. The number of rotatable bonds is 3. The van der Waals surface area contributed by atoms with E-state index in [9.17, 15) is 0 Å². The van der Waals surface area contributed by atoms with E-state index in [1.54, 1.807) is 11.3 Å². The van der Waals surface area contributed by atoms with Gasteiger partial charge in [-0.05, 0) is 48.6 Å². The molecule has 20 heavy (non-hydrogen) atoms. The minimum Gasteiger partial charge on any atom is -0.366 e. The van der Waals surface area contributed by atoms with Gasteiger partial charge in [0.2, 0.25) is 0 Å². The summed E-state index contributed by atoms with van der Waals surface area (Å²) >= 11 is 1.80. The third-order valence-corrected chi connectivity index (χ3v) is 5.01. The maximum atomic E-state index is 6.14. The lowest BCUT2D eigenvalue weighted by molar-refractivity contribution is -0.133. The van der Waals surface area contributed by atoms with Gasteiger partial charge in [0.15, 0.2) is 5.13 Å². The highest BCUT2D eigenvalue weighted by atomic mass is 32.1. The third-order valence-electron chi connectivity index (χ3n) is 3.61. The lowest BCUT2D eigenvalue weighted by atomic mass is 9.99. The van der Waals surface area contributed by atoms with Crippen LogP contribution in [-0.2, 0) is 4.74 Å². The maximum Gasteiger partial charge on any atom is 0.186 e. The van der Waals surface area contributed by atoms with Gasteiger partial charge in [-0.2, -0.15) is 0 Å². The van der Waals surface area contributed by atoms with E-state index in [1.807, 2.05) is 7.05 Å². The smallest absolute Gasteiger partial charge is 0.186 e. The first kappa shape index (κ1) is 15.7. The summed E-state index contributed by atoms with van der Waals surface area (Å²) in [4.78, 5) is 8.48. The molecule has 1 aliphatic rings. The van der Waals surface area contributed by atoms with Crippen LogP contribution in [0.1, 0.15) is 51.2 Å². The SMILES string of the molecule is CNC(C)c1sc(N2CC(C)(C)OC(C)(C)C2)nc1C. The molecule has 1 aromatic rings. The molecule has 1 aliphatic heterocycles. The number of nitrogens with zero attached hydrogens (tertiary/aromatic N) is 2. The quantitative estimate of drug-likeness (QED) is 0.930. The van der Waals surface area contributed by atoms with E-state index in [0.29, 0.717) is 6.04 Å². The molecule has 1 atom stereocenters. The third kappa shape index (κ3) is 3.32. The summed E-state index contributed by atoms with van der Waals surface area (Å²) in [6, 6.07) is 0.350. The topological polar surface area (TPSA) is 37.4 Å². The van der Waals surface area contributed by atoms with Crippen LogP contribution >= 0.6 is 11.3 Å². The van der Waals surface area contributed by atoms with Gasteiger partial charge in [-0.25, -0.2) is 4.98 Å². The highest BCUT2D eigenvalue weighted by Gasteiger charge is 2.39. The zero-order chi connectivity index (χ0) is 15.1. The lowest BCUT2D eigenvalue weighted by Gasteiger charge is -2.47. The second kappa shape index (κ2) is 5.28. The largest absolute Gasteiger partial charge is 0.366 e. The second-order valence-corrected chi connectivity index (χ2v) is 7.94. The first-order chi connectivity index (χ1) is 9.13. The standard InChI is InChI=1S/C15H27N3OS/c1-10(16-7)12-11(2)17-13(20-12)18-8-14(3,4)19-15(5,6)9-18/h10,16H,8-9H2,1-7H3. The lowest BCUT2D eigenvalue weighted by Crippen LogP contribution is -2.57. The molecule has 0 aromatic carbocycles. The van der Waals surface area contributed by atoms with Crippen molar-refractivity contribution in [3.05, 3.63) is 10.6 Å². The van der Waals surface area contributed by atoms with Crippen molar-refractivity contribution in [1.82, 2.24) is 10.3 Å². The van der Waals surface area contributed by atoms with Crippen molar-refractivity contribution in [3.63, 3.8) is 0 Å². The molecule has 0 spiro atoms. The minimum absolute atomic E-state index is 0.143. The summed E-state index contributed by atoms with van der Waals surface area (Å²) in [6.45, 7) is 14.7. The van der Waals surface area contributed by atoms with Crippen LogP contribution in [0.15, 0.2) is 0 Å². The van der Waals surface area contributed by atoms with Crippen LogP contribution < -0.4 is 10.2 Å². The predicted octanol–water partition coefficient (Wildman–Crippen LogP) is 3.13. The Hall–Kier alpha value is -0.650. The number of ether oxygens (including phenoxy) is 1. The highest BCUT2D eigenvalue weighted by molar-refractivity contribution is 7.15. The van der Waals surface area contributed by atoms with Crippen LogP contribution in [0, 0.1) is 6.92 Å². The Morgan fingerprint density at radius 3 is 2.30 bits per heavy atom. The Kier molecular flexibility index (Phi) is 4.15. The van der Waals surface area contributed by atoms with Gasteiger partial charge >= 0.3 is 0 Å². The Bertz CT molecular complexity index is 465. The highest BCUT2D eigenvalue weighted by Crippen LogP contribution is 2.36. The van der Waals surface area contributed by atoms with Crippen molar-refractivity contribution in [2.24, 2.45) is 0 Å². The van der Waals surface area contributed by atoms with Gasteiger partial charge in [0.1, 0.15) is 0 Å². The first-order valence-electron chi connectivity index (χ1n) is 7.23. The molecule has 2 heterocycles. The summed E-state index contributed by atoms with van der Waals surface area (Å²) in [5.41, 5.74) is 0.848. The van der Waals surface area contributed by atoms with E-state index in [1.165, 1.54) is 4.88 Å². The Labute approximate surface area is 126 Å². The Morgan fingerprint density at radius 2 is 1.80 bits per heavy atom. The van der Waals surface area contributed by atoms with Crippen molar-refractivity contribution < 1.29 is 4.74 Å². The molecule has 1 aromatic heterocycles. The van der Waals surface area contributed by atoms with Gasteiger partial charge in [-0.15, -0.1) is 11.3 Å². The monoisotopic (exact) mass is 297 g/mol. The molecule has 4 nitrogen and oxygen atoms in total. The molecule has 1 saturated heterocycles. The van der Waals surface area contributed by atoms with E-state index in [2.05, 4.69) is 51.8 Å². The summed E-state index contributed by atoms with van der Waals surface area (Å²) < 4.78 is 6.14. The molecule has 2 rings (SSSR count). The Morgan fingerprint density at radius 1 is 1.25 bits per heavy atom. The van der Waals surface area contributed by atoms with Crippen LogP contribution in [0.4, 0.5) is 5.13 Å². The van der Waals surface area contributed by atoms with Crippen molar-refractivity contribution in [1.29, 1.82) is 0 Å². The normalized spacial score (nSPS) is 22.9. The van der Waals surface area contributed by atoms with Gasteiger partial charge in [0, 0.05) is 24.0 Å². The molecule has 1 N–H and O–H groups in total. The fourth-order valence-electron chi connectivity index (χ4n) is 2.98. The summed E-state index contributed by atoms with van der Waals surface area (Å²) in [7, 11) is 1.99. The zero-order valence-corrected chi connectivity index (χ0v) is 14.5. The van der Waals surface area contributed by atoms with Crippen molar-refractivity contribution >= 4 is 16.5 Å². The molecular formula is C15H27N3OS. The fraction of sp³-hybridized carbons (Fsp3) is 0.800. The molecule has 0 saturated carbocycles. The molecule has 0 amide bonds. The molecule has 0 bridgehead atoms. The number of anilines is 1.